The van der Waals surface area contributed by atoms with Crippen LogP contribution in [-0.2, 0) is 6.54 Å². The lowest BCUT2D eigenvalue weighted by atomic mass is 10.0. The van der Waals surface area contributed by atoms with Crippen molar-refractivity contribution >= 4 is 22.9 Å². The first-order chi connectivity index (χ1) is 9.97. The van der Waals surface area contributed by atoms with Crippen LogP contribution in [0.1, 0.15) is 22.9 Å². The third-order valence-corrected chi connectivity index (χ3v) is 4.47. The van der Waals surface area contributed by atoms with Crippen molar-refractivity contribution in [3.8, 4) is 0 Å². The van der Waals surface area contributed by atoms with Crippen LogP contribution in [0, 0.1) is 11.6 Å². The molecule has 6 heteroatoms. The molecule has 114 valence electrons. The van der Waals surface area contributed by atoms with Gasteiger partial charge in [0, 0.05) is 29.6 Å². The van der Waals surface area contributed by atoms with Gasteiger partial charge >= 0.3 is 0 Å². The Hall–Kier alpha value is -1.01. The second kappa shape index (κ2) is 7.31. The summed E-state index contributed by atoms with van der Waals surface area (Å²) in [4.78, 5) is 3.24. The quantitative estimate of drug-likeness (QED) is 0.860. The smallest absolute Gasteiger partial charge is 0.163 e. The van der Waals surface area contributed by atoms with Crippen molar-refractivity contribution in [1.29, 1.82) is 0 Å². The van der Waals surface area contributed by atoms with Gasteiger partial charge in [0.15, 0.2) is 11.6 Å². The Labute approximate surface area is 132 Å². The normalized spacial score (nSPS) is 12.9. The molecular formula is C15H17ClF2N2S. The molecular weight excluding hydrogens is 314 g/mol. The summed E-state index contributed by atoms with van der Waals surface area (Å²) >= 11 is 7.42. The summed E-state index contributed by atoms with van der Waals surface area (Å²) in [6, 6.07) is 7.43. The zero-order valence-electron chi connectivity index (χ0n) is 11.7. The van der Waals surface area contributed by atoms with Crippen molar-refractivity contribution in [2.45, 2.75) is 19.0 Å². The lowest BCUT2D eigenvalue weighted by molar-refractivity contribution is 0.312. The number of nitrogens with two attached hydrogens (primary N) is 1. The van der Waals surface area contributed by atoms with Gasteiger partial charge < -0.3 is 10.6 Å². The van der Waals surface area contributed by atoms with Gasteiger partial charge in [-0.2, -0.15) is 0 Å². The molecule has 2 nitrogen and oxygen atoms in total. The van der Waals surface area contributed by atoms with Crippen LogP contribution in [-0.4, -0.2) is 18.5 Å². The summed E-state index contributed by atoms with van der Waals surface area (Å²) in [6.07, 6.45) is 0.552. The number of thiophene rings is 1. The van der Waals surface area contributed by atoms with Gasteiger partial charge in [0.2, 0.25) is 0 Å². The van der Waals surface area contributed by atoms with Crippen LogP contribution in [0.4, 0.5) is 8.78 Å². The highest BCUT2D eigenvalue weighted by Crippen LogP contribution is 2.23. The van der Waals surface area contributed by atoms with E-state index in [1.807, 2.05) is 19.2 Å². The lowest BCUT2D eigenvalue weighted by Gasteiger charge is -2.19. The molecule has 1 aromatic heterocycles. The molecule has 0 aliphatic heterocycles. The summed E-state index contributed by atoms with van der Waals surface area (Å²) in [5.74, 6) is -1.71. The molecule has 0 saturated carbocycles. The topological polar surface area (TPSA) is 29.3 Å². The van der Waals surface area contributed by atoms with Gasteiger partial charge in [0.1, 0.15) is 0 Å². The van der Waals surface area contributed by atoms with Gasteiger partial charge in [0.25, 0.3) is 0 Å². The van der Waals surface area contributed by atoms with Crippen molar-refractivity contribution in [1.82, 2.24) is 4.90 Å². The van der Waals surface area contributed by atoms with E-state index in [0.717, 1.165) is 21.8 Å². The highest BCUT2D eigenvalue weighted by Gasteiger charge is 2.15. The minimum atomic E-state index is -0.857. The van der Waals surface area contributed by atoms with E-state index in [9.17, 15) is 8.78 Å². The SMILES string of the molecule is CN(CCC(N)c1cccc(F)c1F)Cc1ccc(Cl)s1. The average Bonchev–Trinajstić information content (AvgIpc) is 2.84. The first-order valence-corrected chi connectivity index (χ1v) is 7.79. The predicted molar refractivity (Wildman–Crippen MR) is 83.6 cm³/mol. The molecule has 1 unspecified atom stereocenters. The fourth-order valence-electron chi connectivity index (χ4n) is 2.10. The van der Waals surface area contributed by atoms with E-state index in [0.29, 0.717) is 13.0 Å². The van der Waals surface area contributed by atoms with E-state index >= 15 is 0 Å². The van der Waals surface area contributed by atoms with Crippen LogP contribution in [0.3, 0.4) is 0 Å². The van der Waals surface area contributed by atoms with Gasteiger partial charge in [0.05, 0.1) is 4.34 Å². The zero-order valence-corrected chi connectivity index (χ0v) is 13.2. The first-order valence-electron chi connectivity index (χ1n) is 6.59. The van der Waals surface area contributed by atoms with Gasteiger partial charge in [-0.3, -0.25) is 0 Å². The Morgan fingerprint density at radius 3 is 2.71 bits per heavy atom. The van der Waals surface area contributed by atoms with Crippen molar-refractivity contribution in [2.24, 2.45) is 5.73 Å². The summed E-state index contributed by atoms with van der Waals surface area (Å²) in [7, 11) is 1.96. The minimum absolute atomic E-state index is 0.225. The number of halogens is 3. The van der Waals surface area contributed by atoms with Crippen LogP contribution in [0.25, 0.3) is 0 Å². The van der Waals surface area contributed by atoms with Gasteiger partial charge in [-0.15, -0.1) is 11.3 Å². The molecule has 1 heterocycles. The molecule has 0 amide bonds. The summed E-state index contributed by atoms with van der Waals surface area (Å²) < 4.78 is 27.6. The van der Waals surface area contributed by atoms with Crippen LogP contribution in [0.15, 0.2) is 30.3 Å². The van der Waals surface area contributed by atoms with E-state index in [1.165, 1.54) is 23.5 Å². The van der Waals surface area contributed by atoms with E-state index < -0.39 is 17.7 Å². The van der Waals surface area contributed by atoms with Crippen molar-refractivity contribution in [3.63, 3.8) is 0 Å². The monoisotopic (exact) mass is 330 g/mol. The Kier molecular flexibility index (Phi) is 5.70. The highest BCUT2D eigenvalue weighted by molar-refractivity contribution is 7.16. The molecule has 0 aliphatic carbocycles. The Morgan fingerprint density at radius 2 is 2.05 bits per heavy atom. The van der Waals surface area contributed by atoms with Crippen LogP contribution in [0.5, 0.6) is 0 Å². The highest BCUT2D eigenvalue weighted by atomic mass is 35.5. The maximum absolute atomic E-state index is 13.6. The van der Waals surface area contributed by atoms with Gasteiger partial charge in [-0.05, 0) is 31.7 Å². The maximum Gasteiger partial charge on any atom is 0.163 e. The molecule has 1 atom stereocenters. The number of rotatable bonds is 6. The second-order valence-electron chi connectivity index (χ2n) is 4.98. The van der Waals surface area contributed by atoms with E-state index in [2.05, 4.69) is 4.90 Å². The van der Waals surface area contributed by atoms with Crippen molar-refractivity contribution in [2.75, 3.05) is 13.6 Å². The van der Waals surface area contributed by atoms with E-state index in [1.54, 1.807) is 0 Å². The van der Waals surface area contributed by atoms with E-state index in [-0.39, 0.29) is 5.56 Å². The van der Waals surface area contributed by atoms with E-state index in [4.69, 9.17) is 17.3 Å². The maximum atomic E-state index is 13.6. The Morgan fingerprint density at radius 1 is 1.29 bits per heavy atom. The summed E-state index contributed by atoms with van der Waals surface area (Å²) in [5.41, 5.74) is 6.18. The molecule has 21 heavy (non-hydrogen) atoms. The largest absolute Gasteiger partial charge is 0.324 e. The van der Waals surface area contributed by atoms with Crippen LogP contribution in [0.2, 0.25) is 4.34 Å². The molecule has 2 aromatic rings. The molecule has 0 bridgehead atoms. The molecule has 2 rings (SSSR count). The molecule has 2 N–H and O–H groups in total. The number of nitrogens with zero attached hydrogens (tertiary/aromatic N) is 1. The predicted octanol–water partition coefficient (Wildman–Crippen LogP) is 4.20. The molecule has 0 spiro atoms. The van der Waals surface area contributed by atoms with Crippen molar-refractivity contribution < 1.29 is 8.78 Å². The van der Waals surface area contributed by atoms with Crippen LogP contribution < -0.4 is 5.73 Å². The third kappa shape index (κ3) is 4.48. The second-order valence-corrected chi connectivity index (χ2v) is 6.78. The number of hydrogen-bond donors (Lipinski definition) is 1. The number of hydrogen-bond acceptors (Lipinski definition) is 3. The molecule has 0 radical (unpaired) electrons. The zero-order chi connectivity index (χ0) is 15.4. The molecule has 0 aliphatic rings. The first kappa shape index (κ1) is 16.4. The third-order valence-electron chi connectivity index (χ3n) is 3.26. The standard InChI is InChI=1S/C15H17ClF2N2S/c1-20(9-10-5-6-14(16)21-10)8-7-13(19)11-3-2-4-12(17)15(11)18/h2-6,13H,7-9,19H2,1H3. The number of benzene rings is 1. The minimum Gasteiger partial charge on any atom is -0.324 e. The molecule has 1 aromatic carbocycles. The molecule has 0 saturated heterocycles. The fraction of sp³-hybridized carbons (Fsp3) is 0.333. The van der Waals surface area contributed by atoms with Crippen molar-refractivity contribution in [3.05, 3.63) is 56.7 Å². The Balaban J connectivity index is 1.88. The average molecular weight is 331 g/mol. The fourth-order valence-corrected chi connectivity index (χ4v) is 3.27. The lowest BCUT2D eigenvalue weighted by Crippen LogP contribution is -2.23. The summed E-state index contributed by atoms with van der Waals surface area (Å²) in [6.45, 7) is 1.45. The molecule has 0 fully saturated rings. The Bertz CT molecular complexity index is 603. The van der Waals surface area contributed by atoms with Gasteiger partial charge in [-0.1, -0.05) is 23.7 Å². The van der Waals surface area contributed by atoms with Crippen LogP contribution >= 0.6 is 22.9 Å². The summed E-state index contributed by atoms with van der Waals surface area (Å²) in [5, 5.41) is 0. The van der Waals surface area contributed by atoms with Gasteiger partial charge in [-0.25, -0.2) is 8.78 Å².